The second-order valence-corrected chi connectivity index (χ2v) is 10.1. The molecule has 0 saturated heterocycles. The average molecular weight is 490 g/mol. The molecule has 2 unspecified atom stereocenters. The van der Waals surface area contributed by atoms with Crippen molar-refractivity contribution in [2.45, 2.75) is 52.3 Å². The maximum Gasteiger partial charge on any atom is 0.416 e. The number of carbonyl (C=O) groups excluding carboxylic acids is 1. The minimum atomic E-state index is -4.41. The van der Waals surface area contributed by atoms with Gasteiger partial charge in [-0.2, -0.15) is 13.2 Å². The van der Waals surface area contributed by atoms with Crippen LogP contribution in [0.4, 0.5) is 24.8 Å². The van der Waals surface area contributed by atoms with Gasteiger partial charge in [-0.05, 0) is 60.9 Å². The zero-order valence-electron chi connectivity index (χ0n) is 20.5. The number of alkyl halides is 3. The summed E-state index contributed by atoms with van der Waals surface area (Å²) in [6.07, 6.45) is -1.47. The van der Waals surface area contributed by atoms with E-state index in [1.54, 1.807) is 12.1 Å². The van der Waals surface area contributed by atoms with Gasteiger partial charge in [-0.15, -0.1) is 0 Å². The van der Waals surface area contributed by atoms with E-state index < -0.39 is 17.7 Å². The summed E-state index contributed by atoms with van der Waals surface area (Å²) in [5.41, 5.74) is 1.48. The van der Waals surface area contributed by atoms with Gasteiger partial charge in [0.2, 0.25) is 5.95 Å². The predicted octanol–water partition coefficient (Wildman–Crippen LogP) is 6.98. The minimum Gasteiger partial charge on any atom is -0.496 e. The van der Waals surface area contributed by atoms with E-state index in [1.165, 1.54) is 26.4 Å². The van der Waals surface area contributed by atoms with Gasteiger partial charge in [-0.1, -0.05) is 20.8 Å². The number of hydrogen-bond donors (Lipinski definition) is 1. The lowest BCUT2D eigenvalue weighted by atomic mass is 9.70. The number of nitrogens with one attached hydrogen (secondary N) is 1. The van der Waals surface area contributed by atoms with Gasteiger partial charge in [-0.3, -0.25) is 0 Å². The summed E-state index contributed by atoms with van der Waals surface area (Å²) in [5.74, 6) is 0.813. The molecule has 0 radical (unpaired) electrons. The number of benzene rings is 2. The number of halogens is 3. The molecular formula is C26H30F3N3O3. The summed E-state index contributed by atoms with van der Waals surface area (Å²) < 4.78 is 51.5. The van der Waals surface area contributed by atoms with Crippen molar-refractivity contribution in [3.8, 4) is 5.75 Å². The predicted molar refractivity (Wildman–Crippen MR) is 128 cm³/mol. The molecule has 0 bridgehead atoms. The normalized spacial score (nSPS) is 20.0. The van der Waals surface area contributed by atoms with E-state index in [2.05, 4.69) is 30.7 Å². The largest absolute Gasteiger partial charge is 0.496 e. The van der Waals surface area contributed by atoms with E-state index >= 15 is 0 Å². The molecule has 4 rings (SSSR count). The standard InChI is InChI=1S/C26H30F3N3O3/c1-15-10-18(14-25(2,3)13-15)32-21-12-22(34-4)19(23(33)35-5)11-20(21)31-24(32)30-17-8-6-16(7-9-17)26(27,28)29/h6-9,11-12,15,18H,10,13-14H2,1-5H3,(H,30,31). The summed E-state index contributed by atoms with van der Waals surface area (Å²) in [7, 11) is 2.79. The number of hydrogen-bond acceptors (Lipinski definition) is 5. The van der Waals surface area contributed by atoms with Crippen LogP contribution in [0.3, 0.4) is 0 Å². The number of esters is 1. The first-order valence-electron chi connectivity index (χ1n) is 11.5. The van der Waals surface area contributed by atoms with Gasteiger partial charge >= 0.3 is 12.1 Å². The maximum atomic E-state index is 13.0. The Balaban J connectivity index is 1.84. The highest BCUT2D eigenvalue weighted by atomic mass is 19.4. The fraction of sp³-hybridized carbons (Fsp3) is 0.462. The van der Waals surface area contributed by atoms with E-state index in [0.717, 1.165) is 36.9 Å². The van der Waals surface area contributed by atoms with Crippen molar-refractivity contribution in [1.82, 2.24) is 9.55 Å². The first kappa shape index (κ1) is 24.9. The van der Waals surface area contributed by atoms with Gasteiger partial charge in [0, 0.05) is 17.8 Å². The van der Waals surface area contributed by atoms with Crippen LogP contribution in [0.1, 0.15) is 62.0 Å². The number of nitrogens with zero attached hydrogens (tertiary/aromatic N) is 2. The number of anilines is 2. The Kier molecular flexibility index (Phi) is 6.46. The van der Waals surface area contributed by atoms with Gasteiger partial charge in [0.25, 0.3) is 0 Å². The number of carbonyl (C=O) groups is 1. The fourth-order valence-corrected chi connectivity index (χ4v) is 5.38. The molecule has 0 aliphatic heterocycles. The number of fused-ring (bicyclic) bond motifs is 1. The molecule has 1 saturated carbocycles. The van der Waals surface area contributed by atoms with E-state index in [-0.39, 0.29) is 17.0 Å². The molecule has 6 nitrogen and oxygen atoms in total. The molecular weight excluding hydrogens is 459 g/mol. The third-order valence-corrected chi connectivity index (χ3v) is 6.61. The van der Waals surface area contributed by atoms with Crippen molar-refractivity contribution >= 4 is 28.6 Å². The molecule has 2 atom stereocenters. The Morgan fingerprint density at radius 2 is 1.83 bits per heavy atom. The van der Waals surface area contributed by atoms with Crippen LogP contribution in [-0.2, 0) is 10.9 Å². The lowest BCUT2D eigenvalue weighted by Crippen LogP contribution is -2.29. The quantitative estimate of drug-likeness (QED) is 0.392. The zero-order valence-corrected chi connectivity index (χ0v) is 20.5. The van der Waals surface area contributed by atoms with Crippen LogP contribution in [0.5, 0.6) is 5.75 Å². The van der Waals surface area contributed by atoms with Gasteiger partial charge in [-0.25, -0.2) is 9.78 Å². The molecule has 9 heteroatoms. The number of aromatic nitrogens is 2. The Morgan fingerprint density at radius 1 is 1.14 bits per heavy atom. The van der Waals surface area contributed by atoms with Crippen LogP contribution in [0.15, 0.2) is 36.4 Å². The van der Waals surface area contributed by atoms with Gasteiger partial charge < -0.3 is 19.4 Å². The smallest absolute Gasteiger partial charge is 0.416 e. The number of imidazole rings is 1. The topological polar surface area (TPSA) is 65.4 Å². The average Bonchev–Trinajstić information content (AvgIpc) is 3.12. The SMILES string of the molecule is COC(=O)c1cc2nc(Nc3ccc(C(F)(F)F)cc3)n(C3CC(C)CC(C)(C)C3)c2cc1OC. The second-order valence-electron chi connectivity index (χ2n) is 10.1. The number of rotatable bonds is 5. The van der Waals surface area contributed by atoms with E-state index in [0.29, 0.717) is 28.8 Å². The van der Waals surface area contributed by atoms with Crippen molar-refractivity contribution in [2.24, 2.45) is 11.3 Å². The van der Waals surface area contributed by atoms with E-state index in [9.17, 15) is 18.0 Å². The highest BCUT2D eigenvalue weighted by molar-refractivity contribution is 5.97. The van der Waals surface area contributed by atoms with Gasteiger partial charge in [0.05, 0.1) is 30.8 Å². The van der Waals surface area contributed by atoms with Gasteiger partial charge in [0.15, 0.2) is 0 Å². The Bertz CT molecular complexity index is 1230. The molecule has 188 valence electrons. The number of ether oxygens (including phenoxy) is 2. The summed E-state index contributed by atoms with van der Waals surface area (Å²) in [6, 6.07) is 8.37. The zero-order chi connectivity index (χ0) is 25.5. The maximum absolute atomic E-state index is 13.0. The molecule has 1 aliphatic rings. The Morgan fingerprint density at radius 3 is 2.40 bits per heavy atom. The Labute approximate surface area is 202 Å². The molecule has 1 N–H and O–H groups in total. The minimum absolute atomic E-state index is 0.101. The molecule has 1 aliphatic carbocycles. The molecule has 35 heavy (non-hydrogen) atoms. The molecule has 2 aromatic carbocycles. The molecule has 1 fully saturated rings. The van der Waals surface area contributed by atoms with Crippen molar-refractivity contribution in [3.05, 3.63) is 47.5 Å². The van der Waals surface area contributed by atoms with Crippen molar-refractivity contribution in [3.63, 3.8) is 0 Å². The summed E-state index contributed by atoms with van der Waals surface area (Å²) in [5, 5.41) is 3.21. The fourth-order valence-electron chi connectivity index (χ4n) is 5.38. The van der Waals surface area contributed by atoms with E-state index in [4.69, 9.17) is 14.5 Å². The summed E-state index contributed by atoms with van der Waals surface area (Å²) in [6.45, 7) is 6.72. The highest BCUT2D eigenvalue weighted by Gasteiger charge is 2.35. The van der Waals surface area contributed by atoms with Crippen LogP contribution >= 0.6 is 0 Å². The first-order chi connectivity index (χ1) is 16.4. The summed E-state index contributed by atoms with van der Waals surface area (Å²) >= 11 is 0. The molecule has 1 heterocycles. The van der Waals surface area contributed by atoms with Crippen LogP contribution in [0.2, 0.25) is 0 Å². The second kappa shape index (κ2) is 9.09. The molecule has 0 amide bonds. The van der Waals surface area contributed by atoms with Crippen LogP contribution in [0.25, 0.3) is 11.0 Å². The van der Waals surface area contributed by atoms with Crippen LogP contribution < -0.4 is 10.1 Å². The van der Waals surface area contributed by atoms with Crippen molar-refractivity contribution in [1.29, 1.82) is 0 Å². The Hall–Kier alpha value is -3.23. The van der Waals surface area contributed by atoms with Crippen LogP contribution in [0, 0.1) is 11.3 Å². The third kappa shape index (κ3) is 5.09. The lowest BCUT2D eigenvalue weighted by Gasteiger charge is -2.40. The van der Waals surface area contributed by atoms with Gasteiger partial charge in [0.1, 0.15) is 11.3 Å². The van der Waals surface area contributed by atoms with E-state index in [1.807, 2.05) is 0 Å². The van der Waals surface area contributed by atoms with Crippen LogP contribution in [-0.4, -0.2) is 29.7 Å². The van der Waals surface area contributed by atoms with Crippen molar-refractivity contribution < 1.29 is 27.4 Å². The summed E-state index contributed by atoms with van der Waals surface area (Å²) in [4.78, 5) is 17.1. The molecule has 1 aromatic heterocycles. The monoisotopic (exact) mass is 489 g/mol. The number of methoxy groups -OCH3 is 2. The molecule has 3 aromatic rings. The highest BCUT2D eigenvalue weighted by Crippen LogP contribution is 2.46. The lowest BCUT2D eigenvalue weighted by molar-refractivity contribution is -0.137. The third-order valence-electron chi connectivity index (χ3n) is 6.61. The molecule has 0 spiro atoms. The first-order valence-corrected chi connectivity index (χ1v) is 11.5. The van der Waals surface area contributed by atoms with Crippen molar-refractivity contribution in [2.75, 3.05) is 19.5 Å².